The number of hydrogen-bond acceptors (Lipinski definition) is 1. The highest BCUT2D eigenvalue weighted by Gasteiger charge is 2.39. The summed E-state index contributed by atoms with van der Waals surface area (Å²) in [7, 11) is 0. The molecule has 0 aromatic heterocycles. The summed E-state index contributed by atoms with van der Waals surface area (Å²) in [6.45, 7) is 3.05. The molecule has 0 bridgehead atoms. The molecule has 1 heteroatoms. The average Bonchev–Trinajstić information content (AvgIpc) is 2.18. The Bertz CT molecular complexity index is 275. The molecule has 1 saturated carbocycles. The molecule has 2 rings (SSSR count). The molecule has 1 aromatic carbocycles. The molecule has 0 atom stereocenters. The fourth-order valence-electron chi connectivity index (χ4n) is 2.05. The van der Waals surface area contributed by atoms with Gasteiger partial charge in [0.2, 0.25) is 0 Å². The molecule has 14 heavy (non-hydrogen) atoms. The van der Waals surface area contributed by atoms with Crippen molar-refractivity contribution in [3.63, 3.8) is 0 Å². The zero-order chi connectivity index (χ0) is 9.86. The molecule has 0 saturated heterocycles. The van der Waals surface area contributed by atoms with Crippen molar-refractivity contribution in [3.05, 3.63) is 35.9 Å². The summed E-state index contributed by atoms with van der Waals surface area (Å²) < 4.78 is 6.00. The lowest BCUT2D eigenvalue weighted by Crippen LogP contribution is -2.37. The van der Waals surface area contributed by atoms with Gasteiger partial charge in [-0.2, -0.15) is 0 Å². The molecule has 0 spiro atoms. The topological polar surface area (TPSA) is 9.23 Å². The van der Waals surface area contributed by atoms with Crippen molar-refractivity contribution in [1.82, 2.24) is 0 Å². The fraction of sp³-hybridized carbons (Fsp3) is 0.538. The van der Waals surface area contributed by atoms with E-state index >= 15 is 0 Å². The summed E-state index contributed by atoms with van der Waals surface area (Å²) in [5, 5.41) is 0. The molecule has 1 aliphatic carbocycles. The smallest absolute Gasteiger partial charge is 0.0931 e. The molecule has 76 valence electrons. The Morgan fingerprint density at radius 3 is 2.43 bits per heavy atom. The van der Waals surface area contributed by atoms with E-state index in [0.29, 0.717) is 0 Å². The molecule has 1 nitrogen and oxygen atoms in total. The van der Waals surface area contributed by atoms with Crippen molar-refractivity contribution >= 4 is 0 Å². The van der Waals surface area contributed by atoms with Gasteiger partial charge in [-0.15, -0.1) is 0 Å². The molecule has 1 aromatic rings. The maximum atomic E-state index is 6.00. The molecule has 1 aliphatic rings. The van der Waals surface area contributed by atoms with Crippen LogP contribution in [-0.4, -0.2) is 6.61 Å². The standard InChI is InChI=1S/C13H18O/c1-2-11-14-13(9-6-10-13)12-7-4-3-5-8-12/h3-5,7-8H,2,6,9-11H2,1H3. The minimum atomic E-state index is 0.0667. The van der Waals surface area contributed by atoms with Crippen LogP contribution in [0.2, 0.25) is 0 Å². The van der Waals surface area contributed by atoms with E-state index in [4.69, 9.17) is 4.74 Å². The van der Waals surface area contributed by atoms with Crippen molar-refractivity contribution in [3.8, 4) is 0 Å². The second-order valence-corrected chi connectivity index (χ2v) is 4.06. The van der Waals surface area contributed by atoms with Gasteiger partial charge < -0.3 is 4.74 Å². The normalized spacial score (nSPS) is 18.9. The van der Waals surface area contributed by atoms with Gasteiger partial charge in [0.05, 0.1) is 5.60 Å². The maximum Gasteiger partial charge on any atom is 0.0931 e. The molecule has 0 amide bonds. The third-order valence-corrected chi connectivity index (χ3v) is 3.04. The van der Waals surface area contributed by atoms with Crippen molar-refractivity contribution in [2.75, 3.05) is 6.61 Å². The Labute approximate surface area is 86.1 Å². The first-order valence-corrected chi connectivity index (χ1v) is 5.57. The number of benzene rings is 1. The summed E-state index contributed by atoms with van der Waals surface area (Å²) in [6.07, 6.45) is 4.79. The Morgan fingerprint density at radius 2 is 1.93 bits per heavy atom. The molecule has 0 N–H and O–H groups in total. The number of ether oxygens (including phenoxy) is 1. The lowest BCUT2D eigenvalue weighted by atomic mass is 9.75. The monoisotopic (exact) mass is 190 g/mol. The van der Waals surface area contributed by atoms with E-state index < -0.39 is 0 Å². The van der Waals surface area contributed by atoms with Crippen LogP contribution in [0.25, 0.3) is 0 Å². The second-order valence-electron chi connectivity index (χ2n) is 4.06. The predicted octanol–water partition coefficient (Wildman–Crippen LogP) is 3.49. The highest BCUT2D eigenvalue weighted by atomic mass is 16.5. The van der Waals surface area contributed by atoms with Crippen LogP contribution in [-0.2, 0) is 10.3 Å². The van der Waals surface area contributed by atoms with Gasteiger partial charge in [-0.3, -0.25) is 0 Å². The predicted molar refractivity (Wildman–Crippen MR) is 58.2 cm³/mol. The van der Waals surface area contributed by atoms with Gasteiger partial charge in [-0.1, -0.05) is 37.3 Å². The zero-order valence-corrected chi connectivity index (χ0v) is 8.83. The first-order chi connectivity index (χ1) is 6.87. The minimum absolute atomic E-state index is 0.0667. The van der Waals surface area contributed by atoms with Crippen LogP contribution in [0, 0.1) is 0 Å². The third kappa shape index (κ3) is 1.69. The van der Waals surface area contributed by atoms with Gasteiger partial charge in [0, 0.05) is 6.61 Å². The lowest BCUT2D eigenvalue weighted by Gasteiger charge is -2.42. The average molecular weight is 190 g/mol. The van der Waals surface area contributed by atoms with E-state index in [9.17, 15) is 0 Å². The van der Waals surface area contributed by atoms with Gasteiger partial charge in [-0.05, 0) is 31.2 Å². The Hall–Kier alpha value is -0.820. The van der Waals surface area contributed by atoms with Crippen molar-refractivity contribution in [2.45, 2.75) is 38.2 Å². The van der Waals surface area contributed by atoms with E-state index in [0.717, 1.165) is 13.0 Å². The lowest BCUT2D eigenvalue weighted by molar-refractivity contribution is -0.106. The summed E-state index contributed by atoms with van der Waals surface area (Å²) in [5.41, 5.74) is 1.43. The first kappa shape index (κ1) is 9.72. The van der Waals surface area contributed by atoms with Gasteiger partial charge in [-0.25, -0.2) is 0 Å². The van der Waals surface area contributed by atoms with Gasteiger partial charge in [0.15, 0.2) is 0 Å². The van der Waals surface area contributed by atoms with Crippen LogP contribution in [0.15, 0.2) is 30.3 Å². The van der Waals surface area contributed by atoms with Crippen LogP contribution >= 0.6 is 0 Å². The quantitative estimate of drug-likeness (QED) is 0.706. The fourth-order valence-corrected chi connectivity index (χ4v) is 2.05. The van der Waals surface area contributed by atoms with E-state index in [1.54, 1.807) is 0 Å². The van der Waals surface area contributed by atoms with E-state index in [1.807, 2.05) is 0 Å². The largest absolute Gasteiger partial charge is 0.370 e. The Kier molecular flexibility index (Phi) is 2.87. The molecule has 0 radical (unpaired) electrons. The molecule has 0 heterocycles. The highest BCUT2D eigenvalue weighted by Crippen LogP contribution is 2.44. The molecular formula is C13H18O. The Morgan fingerprint density at radius 1 is 1.21 bits per heavy atom. The molecule has 0 aliphatic heterocycles. The molecule has 0 unspecified atom stereocenters. The van der Waals surface area contributed by atoms with Crippen LogP contribution in [0.5, 0.6) is 0 Å². The van der Waals surface area contributed by atoms with E-state index in [1.165, 1.54) is 24.8 Å². The minimum Gasteiger partial charge on any atom is -0.370 e. The molecular weight excluding hydrogens is 172 g/mol. The van der Waals surface area contributed by atoms with Gasteiger partial charge >= 0.3 is 0 Å². The Balaban J connectivity index is 2.12. The van der Waals surface area contributed by atoms with Crippen LogP contribution in [0.1, 0.15) is 38.2 Å². The van der Waals surface area contributed by atoms with Crippen LogP contribution in [0.3, 0.4) is 0 Å². The second kappa shape index (κ2) is 4.14. The maximum absolute atomic E-state index is 6.00. The summed E-state index contributed by atoms with van der Waals surface area (Å²) >= 11 is 0. The SMILES string of the molecule is CCCOC1(c2ccccc2)CCC1. The third-order valence-electron chi connectivity index (χ3n) is 3.04. The first-order valence-electron chi connectivity index (χ1n) is 5.57. The zero-order valence-electron chi connectivity index (χ0n) is 8.83. The van der Waals surface area contributed by atoms with Crippen LogP contribution in [0.4, 0.5) is 0 Å². The summed E-state index contributed by atoms with van der Waals surface area (Å²) in [5.74, 6) is 0. The summed E-state index contributed by atoms with van der Waals surface area (Å²) in [6, 6.07) is 10.6. The number of hydrogen-bond donors (Lipinski definition) is 0. The van der Waals surface area contributed by atoms with Crippen molar-refractivity contribution in [2.24, 2.45) is 0 Å². The van der Waals surface area contributed by atoms with Crippen molar-refractivity contribution in [1.29, 1.82) is 0 Å². The highest BCUT2D eigenvalue weighted by molar-refractivity contribution is 5.24. The number of rotatable bonds is 4. The van der Waals surface area contributed by atoms with Crippen LogP contribution < -0.4 is 0 Å². The van der Waals surface area contributed by atoms with Gasteiger partial charge in [0.25, 0.3) is 0 Å². The van der Waals surface area contributed by atoms with E-state index in [-0.39, 0.29) is 5.60 Å². The van der Waals surface area contributed by atoms with Gasteiger partial charge in [0.1, 0.15) is 0 Å². The van der Waals surface area contributed by atoms with E-state index in [2.05, 4.69) is 37.3 Å². The summed E-state index contributed by atoms with van der Waals surface area (Å²) in [4.78, 5) is 0. The van der Waals surface area contributed by atoms with Crippen molar-refractivity contribution < 1.29 is 4.74 Å². The molecule has 1 fully saturated rings.